The standard InChI is InChI=1S/C17H15NO5/c1-10-4-6-13-12(8-10)16(19)18(17(20)23-13)11-5-7-14(21-2)15(9-11)22-3/h4-9H,1-3H3. The van der Waals surface area contributed by atoms with Crippen LogP contribution < -0.4 is 20.8 Å². The Morgan fingerprint density at radius 2 is 1.70 bits per heavy atom. The first-order valence-corrected chi connectivity index (χ1v) is 6.94. The van der Waals surface area contributed by atoms with Gasteiger partial charge in [0.05, 0.1) is 25.3 Å². The number of hydrogen-bond donors (Lipinski definition) is 0. The third kappa shape index (κ3) is 2.48. The smallest absolute Gasteiger partial charge is 0.426 e. The van der Waals surface area contributed by atoms with Crippen molar-refractivity contribution in [3.8, 4) is 17.2 Å². The van der Waals surface area contributed by atoms with Crippen molar-refractivity contribution in [1.29, 1.82) is 0 Å². The van der Waals surface area contributed by atoms with Crippen molar-refractivity contribution in [3.63, 3.8) is 0 Å². The normalized spacial score (nSPS) is 10.7. The molecule has 0 saturated carbocycles. The van der Waals surface area contributed by atoms with Crippen LogP contribution in [0.25, 0.3) is 16.7 Å². The second-order valence-corrected chi connectivity index (χ2v) is 5.05. The van der Waals surface area contributed by atoms with Crippen LogP contribution in [0.3, 0.4) is 0 Å². The van der Waals surface area contributed by atoms with Crippen LogP contribution >= 0.6 is 0 Å². The Balaban J connectivity index is 2.32. The van der Waals surface area contributed by atoms with Crippen molar-refractivity contribution in [1.82, 2.24) is 4.57 Å². The van der Waals surface area contributed by atoms with Crippen molar-refractivity contribution >= 4 is 11.0 Å². The maximum atomic E-state index is 12.7. The molecule has 0 amide bonds. The predicted octanol–water partition coefficient (Wildman–Crippen LogP) is 2.27. The van der Waals surface area contributed by atoms with Gasteiger partial charge in [-0.25, -0.2) is 9.36 Å². The van der Waals surface area contributed by atoms with Gasteiger partial charge in [-0.2, -0.15) is 0 Å². The predicted molar refractivity (Wildman–Crippen MR) is 85.9 cm³/mol. The van der Waals surface area contributed by atoms with Crippen molar-refractivity contribution in [2.24, 2.45) is 0 Å². The van der Waals surface area contributed by atoms with E-state index in [1.807, 2.05) is 6.92 Å². The Kier molecular flexibility index (Phi) is 3.65. The van der Waals surface area contributed by atoms with E-state index in [1.54, 1.807) is 36.4 Å². The number of hydrogen-bond acceptors (Lipinski definition) is 5. The second kappa shape index (κ2) is 5.64. The monoisotopic (exact) mass is 313 g/mol. The van der Waals surface area contributed by atoms with Crippen LogP contribution in [0.15, 0.2) is 50.4 Å². The van der Waals surface area contributed by atoms with E-state index >= 15 is 0 Å². The molecule has 118 valence electrons. The van der Waals surface area contributed by atoms with Crippen LogP contribution in [0.4, 0.5) is 0 Å². The Morgan fingerprint density at radius 1 is 0.957 bits per heavy atom. The number of nitrogens with zero attached hydrogens (tertiary/aromatic N) is 1. The highest BCUT2D eigenvalue weighted by molar-refractivity contribution is 5.76. The minimum atomic E-state index is -0.751. The lowest BCUT2D eigenvalue weighted by Gasteiger charge is -2.10. The Bertz CT molecular complexity index is 1000. The lowest BCUT2D eigenvalue weighted by molar-refractivity contribution is 0.354. The molecule has 0 spiro atoms. The van der Waals surface area contributed by atoms with Gasteiger partial charge in [-0.1, -0.05) is 11.6 Å². The zero-order valence-corrected chi connectivity index (χ0v) is 13.0. The Labute approximate surface area is 131 Å². The quantitative estimate of drug-likeness (QED) is 0.742. The van der Waals surface area contributed by atoms with E-state index < -0.39 is 11.3 Å². The van der Waals surface area contributed by atoms with Gasteiger partial charge in [-0.05, 0) is 31.2 Å². The minimum absolute atomic E-state index is 0.266. The van der Waals surface area contributed by atoms with Crippen LogP contribution in [-0.4, -0.2) is 18.8 Å². The number of rotatable bonds is 3. The fourth-order valence-electron chi connectivity index (χ4n) is 2.43. The molecule has 0 radical (unpaired) electrons. The number of aryl methyl sites for hydroxylation is 1. The summed E-state index contributed by atoms with van der Waals surface area (Å²) >= 11 is 0. The van der Waals surface area contributed by atoms with Gasteiger partial charge < -0.3 is 13.9 Å². The fraction of sp³-hybridized carbons (Fsp3) is 0.176. The van der Waals surface area contributed by atoms with Crippen molar-refractivity contribution in [3.05, 3.63) is 62.9 Å². The Morgan fingerprint density at radius 3 is 2.39 bits per heavy atom. The maximum absolute atomic E-state index is 12.7. The second-order valence-electron chi connectivity index (χ2n) is 5.05. The fourth-order valence-corrected chi connectivity index (χ4v) is 2.43. The van der Waals surface area contributed by atoms with E-state index in [0.29, 0.717) is 22.6 Å². The molecule has 1 heterocycles. The van der Waals surface area contributed by atoms with Crippen LogP contribution in [0, 0.1) is 6.92 Å². The van der Waals surface area contributed by atoms with Crippen LogP contribution in [0.5, 0.6) is 11.5 Å². The van der Waals surface area contributed by atoms with Crippen molar-refractivity contribution in [2.75, 3.05) is 14.2 Å². The summed E-state index contributed by atoms with van der Waals surface area (Å²) in [6, 6.07) is 9.87. The van der Waals surface area contributed by atoms with E-state index in [2.05, 4.69) is 0 Å². The molecule has 0 saturated heterocycles. The number of ether oxygens (including phenoxy) is 2. The van der Waals surface area contributed by atoms with E-state index in [9.17, 15) is 9.59 Å². The lowest BCUT2D eigenvalue weighted by Crippen LogP contribution is -2.31. The van der Waals surface area contributed by atoms with Gasteiger partial charge in [0.25, 0.3) is 5.56 Å². The topological polar surface area (TPSA) is 70.7 Å². The molecule has 0 aliphatic rings. The highest BCUT2D eigenvalue weighted by atomic mass is 16.5. The molecule has 3 rings (SSSR count). The Hall–Kier alpha value is -3.02. The van der Waals surface area contributed by atoms with Crippen molar-refractivity contribution in [2.45, 2.75) is 6.92 Å². The molecule has 3 aromatic rings. The van der Waals surface area contributed by atoms with E-state index in [1.165, 1.54) is 14.2 Å². The van der Waals surface area contributed by atoms with Crippen LogP contribution in [0.1, 0.15) is 5.56 Å². The van der Waals surface area contributed by atoms with Gasteiger partial charge in [-0.15, -0.1) is 0 Å². The van der Waals surface area contributed by atoms with Gasteiger partial charge in [0, 0.05) is 6.07 Å². The van der Waals surface area contributed by atoms with Gasteiger partial charge in [0.15, 0.2) is 11.5 Å². The van der Waals surface area contributed by atoms with Crippen molar-refractivity contribution < 1.29 is 13.9 Å². The molecule has 0 bridgehead atoms. The molecule has 0 unspecified atom stereocenters. The first kappa shape index (κ1) is 14.9. The van der Waals surface area contributed by atoms with Gasteiger partial charge in [-0.3, -0.25) is 4.79 Å². The third-order valence-corrected chi connectivity index (χ3v) is 3.57. The summed E-state index contributed by atoms with van der Waals surface area (Å²) in [6.45, 7) is 1.87. The molecule has 2 aromatic carbocycles. The molecule has 23 heavy (non-hydrogen) atoms. The number of benzene rings is 2. The minimum Gasteiger partial charge on any atom is -0.493 e. The molecular formula is C17H15NO5. The summed E-state index contributed by atoms with van der Waals surface area (Å²) in [5, 5.41) is 0.347. The summed E-state index contributed by atoms with van der Waals surface area (Å²) in [5.74, 6) is 0.171. The first-order chi connectivity index (χ1) is 11.0. The highest BCUT2D eigenvalue weighted by Gasteiger charge is 2.14. The molecular weight excluding hydrogens is 298 g/mol. The zero-order valence-electron chi connectivity index (χ0n) is 13.0. The molecule has 0 N–H and O–H groups in total. The summed E-state index contributed by atoms with van der Waals surface area (Å²) in [6.07, 6.45) is 0. The zero-order chi connectivity index (χ0) is 16.6. The van der Waals surface area contributed by atoms with Gasteiger partial charge >= 0.3 is 5.76 Å². The summed E-state index contributed by atoms with van der Waals surface area (Å²) in [5.41, 5.74) is 1.08. The largest absolute Gasteiger partial charge is 0.493 e. The van der Waals surface area contributed by atoms with E-state index in [0.717, 1.165) is 10.1 Å². The summed E-state index contributed by atoms with van der Waals surface area (Å²) < 4.78 is 16.6. The lowest BCUT2D eigenvalue weighted by atomic mass is 10.2. The summed E-state index contributed by atoms with van der Waals surface area (Å²) in [7, 11) is 2.99. The van der Waals surface area contributed by atoms with Crippen LogP contribution in [-0.2, 0) is 0 Å². The molecule has 1 aromatic heterocycles. The summed E-state index contributed by atoms with van der Waals surface area (Å²) in [4.78, 5) is 24.9. The maximum Gasteiger partial charge on any atom is 0.426 e. The first-order valence-electron chi connectivity index (χ1n) is 6.94. The number of aromatic nitrogens is 1. The average Bonchev–Trinajstić information content (AvgIpc) is 2.55. The SMILES string of the molecule is COc1ccc(-n2c(=O)oc3ccc(C)cc3c2=O)cc1OC. The molecule has 0 aliphatic carbocycles. The number of fused-ring (bicyclic) bond motifs is 1. The molecule has 0 atom stereocenters. The van der Waals surface area contributed by atoms with E-state index in [4.69, 9.17) is 13.9 Å². The third-order valence-electron chi connectivity index (χ3n) is 3.57. The molecule has 0 aliphatic heterocycles. The van der Waals surface area contributed by atoms with E-state index in [-0.39, 0.29) is 5.58 Å². The highest BCUT2D eigenvalue weighted by Crippen LogP contribution is 2.28. The van der Waals surface area contributed by atoms with Crippen LogP contribution in [0.2, 0.25) is 0 Å². The molecule has 0 fully saturated rings. The number of methoxy groups -OCH3 is 2. The average molecular weight is 313 g/mol. The molecule has 6 nitrogen and oxygen atoms in total. The van der Waals surface area contributed by atoms with Gasteiger partial charge in [0.2, 0.25) is 0 Å². The van der Waals surface area contributed by atoms with Gasteiger partial charge in [0.1, 0.15) is 5.58 Å². The molecule has 6 heteroatoms.